The molecule has 24 heavy (non-hydrogen) atoms. The van der Waals surface area contributed by atoms with Gasteiger partial charge in [-0.25, -0.2) is 0 Å². The van der Waals surface area contributed by atoms with Gasteiger partial charge in [0.05, 0.1) is 24.8 Å². The Morgan fingerprint density at radius 3 is 2.71 bits per heavy atom. The van der Waals surface area contributed by atoms with Crippen LogP contribution in [0.3, 0.4) is 0 Å². The van der Waals surface area contributed by atoms with Crippen LogP contribution in [0.5, 0.6) is 0 Å². The number of nitrogens with zero attached hydrogens (tertiary/aromatic N) is 5. The molecule has 0 N–H and O–H groups in total. The number of rotatable bonds is 2. The largest absolute Gasteiger partial charge is 0.378 e. The second-order valence-electron chi connectivity index (χ2n) is 6.44. The molecule has 0 unspecified atom stereocenters. The monoisotopic (exact) mass is 329 g/mol. The van der Waals surface area contributed by atoms with Crippen molar-refractivity contribution in [1.29, 1.82) is 5.26 Å². The van der Waals surface area contributed by atoms with Gasteiger partial charge in [0.2, 0.25) is 5.91 Å². The summed E-state index contributed by atoms with van der Waals surface area (Å²) in [5.41, 5.74) is 2.21. The lowest BCUT2D eigenvalue weighted by molar-refractivity contribution is -0.139. The van der Waals surface area contributed by atoms with Crippen LogP contribution in [0.25, 0.3) is 0 Å². The van der Waals surface area contributed by atoms with Crippen molar-refractivity contribution in [3.63, 3.8) is 0 Å². The van der Waals surface area contributed by atoms with Gasteiger partial charge in [-0.1, -0.05) is 0 Å². The highest BCUT2D eigenvalue weighted by Crippen LogP contribution is 2.27. The molecule has 1 amide bonds. The third-order valence-electron chi connectivity index (χ3n) is 4.94. The van der Waals surface area contributed by atoms with E-state index in [4.69, 9.17) is 4.74 Å². The van der Waals surface area contributed by atoms with Crippen LogP contribution in [0.15, 0.2) is 0 Å². The zero-order chi connectivity index (χ0) is 17.1. The predicted octanol–water partition coefficient (Wildman–Crippen LogP) is 1.04. The van der Waals surface area contributed by atoms with Crippen molar-refractivity contribution in [2.75, 3.05) is 44.3 Å². The molecule has 7 nitrogen and oxygen atoms in total. The number of morpholine rings is 1. The van der Waals surface area contributed by atoms with Gasteiger partial charge in [0.1, 0.15) is 11.6 Å². The molecule has 2 fully saturated rings. The molecule has 1 aromatic heterocycles. The van der Waals surface area contributed by atoms with Crippen LogP contribution < -0.4 is 4.90 Å². The summed E-state index contributed by atoms with van der Waals surface area (Å²) in [5.74, 6) is 0.755. The zero-order valence-corrected chi connectivity index (χ0v) is 14.3. The predicted molar refractivity (Wildman–Crippen MR) is 88.6 cm³/mol. The molecule has 0 aliphatic carbocycles. The molecule has 2 aliphatic rings. The minimum Gasteiger partial charge on any atom is -0.378 e. The number of carbonyl (C=O) groups excluding carboxylic acids is 1. The Morgan fingerprint density at radius 2 is 2.00 bits per heavy atom. The number of aromatic nitrogens is 2. The molecule has 3 heterocycles. The summed E-state index contributed by atoms with van der Waals surface area (Å²) in [6, 6.07) is 2.25. The van der Waals surface area contributed by atoms with Crippen LogP contribution in [0.4, 0.5) is 5.82 Å². The molecular weight excluding hydrogens is 306 g/mol. The van der Waals surface area contributed by atoms with Gasteiger partial charge >= 0.3 is 0 Å². The summed E-state index contributed by atoms with van der Waals surface area (Å²) in [7, 11) is 0. The molecule has 2 saturated heterocycles. The SMILES string of the molecule is Cc1nnc(N2CCC[C@H](C(=O)N3CCOCC3)C2)c(C#N)c1C. The Balaban J connectivity index is 1.78. The van der Waals surface area contributed by atoms with E-state index in [1.165, 1.54) is 0 Å². The number of ether oxygens (including phenoxy) is 1. The summed E-state index contributed by atoms with van der Waals surface area (Å²) < 4.78 is 5.32. The maximum atomic E-state index is 12.7. The summed E-state index contributed by atoms with van der Waals surface area (Å²) in [4.78, 5) is 16.7. The van der Waals surface area contributed by atoms with Crippen LogP contribution in [-0.4, -0.2) is 60.4 Å². The summed E-state index contributed by atoms with van der Waals surface area (Å²) in [5, 5.41) is 17.9. The van der Waals surface area contributed by atoms with Crippen LogP contribution in [0.2, 0.25) is 0 Å². The van der Waals surface area contributed by atoms with E-state index in [-0.39, 0.29) is 11.8 Å². The average molecular weight is 329 g/mol. The number of anilines is 1. The van der Waals surface area contributed by atoms with E-state index < -0.39 is 0 Å². The highest BCUT2D eigenvalue weighted by molar-refractivity contribution is 5.80. The first kappa shape index (κ1) is 16.7. The number of carbonyl (C=O) groups is 1. The smallest absolute Gasteiger partial charge is 0.227 e. The molecule has 3 rings (SSSR count). The average Bonchev–Trinajstić information content (AvgIpc) is 2.64. The van der Waals surface area contributed by atoms with Crippen molar-refractivity contribution in [3.05, 3.63) is 16.8 Å². The van der Waals surface area contributed by atoms with E-state index in [1.54, 1.807) is 0 Å². The lowest BCUT2D eigenvalue weighted by atomic mass is 9.95. The van der Waals surface area contributed by atoms with Crippen molar-refractivity contribution >= 4 is 11.7 Å². The molecule has 1 atom stereocenters. The highest BCUT2D eigenvalue weighted by Gasteiger charge is 2.31. The third kappa shape index (κ3) is 3.20. The summed E-state index contributed by atoms with van der Waals surface area (Å²) in [6.07, 6.45) is 1.80. The Hall–Kier alpha value is -2.20. The van der Waals surface area contributed by atoms with E-state index in [1.807, 2.05) is 23.6 Å². The Labute approximate surface area is 142 Å². The molecule has 0 saturated carbocycles. The first-order valence-corrected chi connectivity index (χ1v) is 8.47. The van der Waals surface area contributed by atoms with E-state index in [0.29, 0.717) is 44.2 Å². The molecule has 1 aromatic rings. The first-order valence-electron chi connectivity index (χ1n) is 8.47. The fourth-order valence-corrected chi connectivity index (χ4v) is 3.36. The van der Waals surface area contributed by atoms with E-state index in [0.717, 1.165) is 30.6 Å². The highest BCUT2D eigenvalue weighted by atomic mass is 16.5. The molecular formula is C17H23N5O2. The van der Waals surface area contributed by atoms with Crippen molar-refractivity contribution < 1.29 is 9.53 Å². The fraction of sp³-hybridized carbons (Fsp3) is 0.647. The van der Waals surface area contributed by atoms with E-state index in [9.17, 15) is 10.1 Å². The second kappa shape index (κ2) is 7.14. The molecule has 0 radical (unpaired) electrons. The minimum absolute atomic E-state index is 0.0493. The standard InChI is InChI=1S/C17H23N5O2/c1-12-13(2)19-20-16(15(12)10-18)22-5-3-4-14(11-22)17(23)21-6-8-24-9-7-21/h14H,3-9,11H2,1-2H3/t14-/m0/s1. The summed E-state index contributed by atoms with van der Waals surface area (Å²) in [6.45, 7) is 7.72. The van der Waals surface area contributed by atoms with Gasteiger partial charge in [-0.2, -0.15) is 10.4 Å². The number of amides is 1. The van der Waals surface area contributed by atoms with Crippen LogP contribution in [0, 0.1) is 31.1 Å². The van der Waals surface area contributed by atoms with E-state index in [2.05, 4.69) is 16.3 Å². The van der Waals surface area contributed by atoms with Gasteiger partial charge in [0.15, 0.2) is 5.82 Å². The topological polar surface area (TPSA) is 82.3 Å². The maximum Gasteiger partial charge on any atom is 0.227 e. The third-order valence-corrected chi connectivity index (χ3v) is 4.94. The second-order valence-corrected chi connectivity index (χ2v) is 6.44. The number of aryl methyl sites for hydroxylation is 1. The Morgan fingerprint density at radius 1 is 1.25 bits per heavy atom. The molecule has 2 aliphatic heterocycles. The van der Waals surface area contributed by atoms with E-state index >= 15 is 0 Å². The maximum absolute atomic E-state index is 12.7. The van der Waals surface area contributed by atoms with Crippen molar-refractivity contribution in [2.24, 2.45) is 5.92 Å². The lowest BCUT2D eigenvalue weighted by Gasteiger charge is -2.36. The normalized spacial score (nSPS) is 21.5. The molecule has 0 aromatic carbocycles. The van der Waals surface area contributed by atoms with Gasteiger partial charge in [0, 0.05) is 26.2 Å². The first-order chi connectivity index (χ1) is 11.6. The van der Waals surface area contributed by atoms with Crippen LogP contribution in [0.1, 0.15) is 29.7 Å². The Kier molecular flexibility index (Phi) is 4.95. The molecule has 0 spiro atoms. The number of nitriles is 1. The fourth-order valence-electron chi connectivity index (χ4n) is 3.36. The van der Waals surface area contributed by atoms with Gasteiger partial charge in [-0.05, 0) is 32.3 Å². The van der Waals surface area contributed by atoms with Crippen LogP contribution in [-0.2, 0) is 9.53 Å². The molecule has 7 heteroatoms. The quantitative estimate of drug-likeness (QED) is 0.806. The lowest BCUT2D eigenvalue weighted by Crippen LogP contribution is -2.48. The molecule has 128 valence electrons. The summed E-state index contributed by atoms with van der Waals surface area (Å²) >= 11 is 0. The van der Waals surface area contributed by atoms with Gasteiger partial charge in [0.25, 0.3) is 0 Å². The zero-order valence-electron chi connectivity index (χ0n) is 14.3. The van der Waals surface area contributed by atoms with Crippen LogP contribution >= 0.6 is 0 Å². The van der Waals surface area contributed by atoms with Crippen molar-refractivity contribution in [3.8, 4) is 6.07 Å². The van der Waals surface area contributed by atoms with Gasteiger partial charge < -0.3 is 14.5 Å². The van der Waals surface area contributed by atoms with Gasteiger partial charge in [-0.3, -0.25) is 4.79 Å². The van der Waals surface area contributed by atoms with Crippen molar-refractivity contribution in [1.82, 2.24) is 15.1 Å². The van der Waals surface area contributed by atoms with Crippen molar-refractivity contribution in [2.45, 2.75) is 26.7 Å². The number of piperidine rings is 1. The number of hydrogen-bond donors (Lipinski definition) is 0. The number of hydrogen-bond acceptors (Lipinski definition) is 6. The Bertz CT molecular complexity index is 664. The molecule has 0 bridgehead atoms. The van der Waals surface area contributed by atoms with Gasteiger partial charge in [-0.15, -0.1) is 5.10 Å². The minimum atomic E-state index is -0.0493.